The quantitative estimate of drug-likeness (QED) is 0.432. The second-order valence-corrected chi connectivity index (χ2v) is 7.18. The standard InChI is InChI=1S/C20H22FN3OS/c1-5-26-24(18-9-8-16-12-22-23(3)20(16)11-18)13-17-7-6-15(10-19(17)21)14(2)25-4/h6-12H,2,5,13H2,1,3-4H3. The number of aromatic nitrogens is 2. The summed E-state index contributed by atoms with van der Waals surface area (Å²) in [6.07, 6.45) is 1.84. The van der Waals surface area contributed by atoms with E-state index in [-0.39, 0.29) is 5.82 Å². The Hall–Kier alpha value is -2.47. The summed E-state index contributed by atoms with van der Waals surface area (Å²) in [6.45, 7) is 6.32. The number of aryl methyl sites for hydroxylation is 1. The minimum Gasteiger partial charge on any atom is -0.497 e. The van der Waals surface area contributed by atoms with Crippen LogP contribution >= 0.6 is 11.9 Å². The van der Waals surface area contributed by atoms with Gasteiger partial charge in [-0.1, -0.05) is 25.6 Å². The molecule has 3 rings (SSSR count). The smallest absolute Gasteiger partial charge is 0.128 e. The van der Waals surface area contributed by atoms with Crippen molar-refractivity contribution in [2.45, 2.75) is 13.5 Å². The molecular formula is C20H22FN3OS. The minimum atomic E-state index is -0.260. The van der Waals surface area contributed by atoms with Gasteiger partial charge in [-0.15, -0.1) is 0 Å². The van der Waals surface area contributed by atoms with Crippen LogP contribution in [0.15, 0.2) is 49.2 Å². The van der Waals surface area contributed by atoms with Crippen LogP contribution in [0.5, 0.6) is 0 Å². The molecule has 2 aromatic carbocycles. The number of fused-ring (bicyclic) bond motifs is 1. The molecule has 1 aromatic heterocycles. The van der Waals surface area contributed by atoms with Gasteiger partial charge in [-0.2, -0.15) is 5.10 Å². The molecule has 0 aliphatic heterocycles. The zero-order valence-corrected chi connectivity index (χ0v) is 16.0. The molecule has 0 unspecified atom stereocenters. The van der Waals surface area contributed by atoms with E-state index in [2.05, 4.69) is 29.0 Å². The summed E-state index contributed by atoms with van der Waals surface area (Å²) in [5.41, 5.74) is 3.36. The molecule has 0 fully saturated rings. The molecule has 4 nitrogen and oxygen atoms in total. The maximum absolute atomic E-state index is 14.6. The summed E-state index contributed by atoms with van der Waals surface area (Å²) in [5.74, 6) is 1.09. The van der Waals surface area contributed by atoms with Gasteiger partial charge < -0.3 is 9.04 Å². The van der Waals surface area contributed by atoms with E-state index >= 15 is 0 Å². The Kier molecular flexibility index (Phi) is 5.52. The van der Waals surface area contributed by atoms with Gasteiger partial charge in [0.05, 0.1) is 25.4 Å². The van der Waals surface area contributed by atoms with Crippen LogP contribution in [-0.2, 0) is 18.3 Å². The zero-order valence-electron chi connectivity index (χ0n) is 15.2. The molecule has 0 saturated carbocycles. The first-order valence-electron chi connectivity index (χ1n) is 8.37. The average Bonchev–Trinajstić information content (AvgIpc) is 3.02. The van der Waals surface area contributed by atoms with Crippen LogP contribution in [0.1, 0.15) is 18.1 Å². The van der Waals surface area contributed by atoms with Gasteiger partial charge in [0.2, 0.25) is 0 Å². The topological polar surface area (TPSA) is 30.3 Å². The van der Waals surface area contributed by atoms with Crippen LogP contribution in [-0.4, -0.2) is 22.6 Å². The number of hydrogen-bond donors (Lipinski definition) is 0. The van der Waals surface area contributed by atoms with Crippen molar-refractivity contribution in [3.05, 3.63) is 66.1 Å². The molecule has 0 atom stereocenters. The predicted molar refractivity (Wildman–Crippen MR) is 107 cm³/mol. The van der Waals surface area contributed by atoms with Gasteiger partial charge in [0.1, 0.15) is 11.6 Å². The second-order valence-electron chi connectivity index (χ2n) is 5.90. The van der Waals surface area contributed by atoms with Crippen molar-refractivity contribution < 1.29 is 9.13 Å². The molecule has 0 spiro atoms. The lowest BCUT2D eigenvalue weighted by atomic mass is 10.1. The Balaban J connectivity index is 1.90. The van der Waals surface area contributed by atoms with Crippen LogP contribution < -0.4 is 4.31 Å². The normalized spacial score (nSPS) is 10.9. The van der Waals surface area contributed by atoms with Crippen molar-refractivity contribution in [2.75, 3.05) is 17.2 Å². The van der Waals surface area contributed by atoms with Crippen LogP contribution in [0.2, 0.25) is 0 Å². The van der Waals surface area contributed by atoms with Gasteiger partial charge in [-0.25, -0.2) is 4.39 Å². The van der Waals surface area contributed by atoms with E-state index in [1.165, 1.54) is 13.2 Å². The summed E-state index contributed by atoms with van der Waals surface area (Å²) in [7, 11) is 3.45. The molecule has 3 aromatic rings. The van der Waals surface area contributed by atoms with Crippen molar-refractivity contribution >= 4 is 34.3 Å². The fraction of sp³-hybridized carbons (Fsp3) is 0.250. The van der Waals surface area contributed by atoms with E-state index < -0.39 is 0 Å². The van der Waals surface area contributed by atoms with E-state index in [1.54, 1.807) is 18.0 Å². The third-order valence-electron chi connectivity index (χ3n) is 4.24. The van der Waals surface area contributed by atoms with Crippen molar-refractivity contribution in [2.24, 2.45) is 7.05 Å². The molecule has 6 heteroatoms. The molecule has 136 valence electrons. The van der Waals surface area contributed by atoms with Gasteiger partial charge >= 0.3 is 0 Å². The summed E-state index contributed by atoms with van der Waals surface area (Å²) >= 11 is 1.66. The van der Waals surface area contributed by atoms with Gasteiger partial charge in [0, 0.05) is 35.0 Å². The Bertz CT molecular complexity index is 938. The van der Waals surface area contributed by atoms with E-state index in [0.717, 1.165) is 22.3 Å². The fourth-order valence-electron chi connectivity index (χ4n) is 2.78. The second kappa shape index (κ2) is 7.83. The summed E-state index contributed by atoms with van der Waals surface area (Å²) in [5, 5.41) is 5.37. The lowest BCUT2D eigenvalue weighted by molar-refractivity contribution is 0.371. The molecule has 0 radical (unpaired) electrons. The third kappa shape index (κ3) is 3.70. The van der Waals surface area contributed by atoms with E-state index in [0.29, 0.717) is 23.4 Å². The summed E-state index contributed by atoms with van der Waals surface area (Å²) in [6, 6.07) is 11.3. The van der Waals surface area contributed by atoms with Crippen molar-refractivity contribution in [1.29, 1.82) is 0 Å². The number of benzene rings is 2. The van der Waals surface area contributed by atoms with Crippen LogP contribution in [0, 0.1) is 5.82 Å². The number of anilines is 1. The first-order valence-corrected chi connectivity index (χ1v) is 9.31. The fourth-order valence-corrected chi connectivity index (χ4v) is 3.58. The van der Waals surface area contributed by atoms with Crippen LogP contribution in [0.25, 0.3) is 16.7 Å². The average molecular weight is 371 g/mol. The van der Waals surface area contributed by atoms with Crippen molar-refractivity contribution in [3.8, 4) is 0 Å². The maximum atomic E-state index is 14.6. The maximum Gasteiger partial charge on any atom is 0.128 e. The van der Waals surface area contributed by atoms with Crippen LogP contribution in [0.4, 0.5) is 10.1 Å². The van der Waals surface area contributed by atoms with Gasteiger partial charge in [-0.05, 0) is 36.2 Å². The van der Waals surface area contributed by atoms with Gasteiger partial charge in [0.25, 0.3) is 0 Å². The Labute approximate surface area is 157 Å². The number of methoxy groups -OCH3 is 1. The highest BCUT2D eigenvalue weighted by atomic mass is 32.2. The predicted octanol–water partition coefficient (Wildman–Crippen LogP) is 5.00. The molecule has 26 heavy (non-hydrogen) atoms. The number of halogens is 1. The number of nitrogens with zero attached hydrogens (tertiary/aromatic N) is 3. The molecule has 1 heterocycles. The first-order chi connectivity index (χ1) is 12.5. The number of rotatable bonds is 7. The van der Waals surface area contributed by atoms with Crippen molar-refractivity contribution in [1.82, 2.24) is 9.78 Å². The zero-order chi connectivity index (χ0) is 18.7. The van der Waals surface area contributed by atoms with E-state index in [1.807, 2.05) is 36.1 Å². The van der Waals surface area contributed by atoms with Crippen LogP contribution in [0.3, 0.4) is 0 Å². The van der Waals surface area contributed by atoms with Crippen molar-refractivity contribution in [3.63, 3.8) is 0 Å². The molecule has 0 aliphatic rings. The highest BCUT2D eigenvalue weighted by Crippen LogP contribution is 2.29. The molecule has 0 amide bonds. The van der Waals surface area contributed by atoms with Gasteiger partial charge in [0.15, 0.2) is 0 Å². The molecule has 0 bridgehead atoms. The van der Waals surface area contributed by atoms with Gasteiger partial charge in [-0.3, -0.25) is 4.68 Å². The highest BCUT2D eigenvalue weighted by Gasteiger charge is 2.13. The molecule has 0 aliphatic carbocycles. The first kappa shape index (κ1) is 18.3. The minimum absolute atomic E-state index is 0.260. The lowest BCUT2D eigenvalue weighted by Crippen LogP contribution is -2.15. The highest BCUT2D eigenvalue weighted by molar-refractivity contribution is 8.00. The molecule has 0 N–H and O–H groups in total. The largest absolute Gasteiger partial charge is 0.497 e. The number of hydrogen-bond acceptors (Lipinski definition) is 4. The SMILES string of the molecule is C=C(OC)c1ccc(CN(SCC)c2ccc3cnn(C)c3c2)c(F)c1. The Morgan fingerprint density at radius 3 is 2.81 bits per heavy atom. The molecule has 0 saturated heterocycles. The molecular weight excluding hydrogens is 349 g/mol. The van der Waals surface area contributed by atoms with E-state index in [9.17, 15) is 4.39 Å². The monoisotopic (exact) mass is 371 g/mol. The lowest BCUT2D eigenvalue weighted by Gasteiger charge is -2.23. The third-order valence-corrected chi connectivity index (χ3v) is 5.15. The Morgan fingerprint density at radius 1 is 1.31 bits per heavy atom. The summed E-state index contributed by atoms with van der Waals surface area (Å²) in [4.78, 5) is 0. The number of ether oxygens (including phenoxy) is 1. The van der Waals surface area contributed by atoms with E-state index in [4.69, 9.17) is 4.74 Å². The Morgan fingerprint density at radius 2 is 2.12 bits per heavy atom. The summed E-state index contributed by atoms with van der Waals surface area (Å²) < 4.78 is 23.6.